The summed E-state index contributed by atoms with van der Waals surface area (Å²) in [6, 6.07) is 2.42. The first-order valence-corrected chi connectivity index (χ1v) is 7.49. The average Bonchev–Trinajstić information content (AvgIpc) is 2.80. The van der Waals surface area contributed by atoms with Crippen molar-refractivity contribution in [1.29, 1.82) is 0 Å². The molecule has 0 spiro atoms. The second kappa shape index (κ2) is 5.69. The van der Waals surface area contributed by atoms with Crippen LogP contribution in [0, 0.1) is 11.6 Å². The smallest absolute Gasteiger partial charge is 0.155 e. The molecule has 0 radical (unpaired) electrons. The molecule has 21 heavy (non-hydrogen) atoms. The lowest BCUT2D eigenvalue weighted by Gasteiger charge is -2.09. The highest BCUT2D eigenvalue weighted by Gasteiger charge is 2.11. The molecule has 1 N–H and O–H groups in total. The first kappa shape index (κ1) is 14.4. The van der Waals surface area contributed by atoms with Crippen molar-refractivity contribution in [1.82, 2.24) is 14.4 Å². The van der Waals surface area contributed by atoms with E-state index >= 15 is 0 Å². The highest BCUT2D eigenvalue weighted by molar-refractivity contribution is 9.10. The van der Waals surface area contributed by atoms with Gasteiger partial charge in [-0.2, -0.15) is 0 Å². The maximum Gasteiger partial charge on any atom is 0.155 e. The summed E-state index contributed by atoms with van der Waals surface area (Å²) < 4.78 is 30.3. The van der Waals surface area contributed by atoms with Gasteiger partial charge >= 0.3 is 0 Å². The maximum atomic E-state index is 13.7. The highest BCUT2D eigenvalue weighted by atomic mass is 79.9. The topological polar surface area (TPSA) is 42.2 Å². The Balaban J connectivity index is 1.89. The van der Waals surface area contributed by atoms with E-state index in [2.05, 4.69) is 47.1 Å². The normalized spacial score (nSPS) is 11.0. The summed E-state index contributed by atoms with van der Waals surface area (Å²) >= 11 is 6.32. The number of rotatable bonds is 3. The van der Waals surface area contributed by atoms with E-state index in [0.29, 0.717) is 14.7 Å². The lowest BCUT2D eigenvalue weighted by molar-refractivity contribution is 0.586. The van der Waals surface area contributed by atoms with Crippen molar-refractivity contribution in [3.05, 3.63) is 57.1 Å². The zero-order valence-electron chi connectivity index (χ0n) is 10.4. The van der Waals surface area contributed by atoms with Gasteiger partial charge in [-0.1, -0.05) is 15.9 Å². The predicted octanol–water partition coefficient (Wildman–Crippen LogP) is 4.14. The molecule has 0 saturated carbocycles. The van der Waals surface area contributed by atoms with Crippen molar-refractivity contribution in [2.45, 2.75) is 6.54 Å². The van der Waals surface area contributed by atoms with E-state index in [1.54, 1.807) is 23.0 Å². The number of imidazole rings is 1. The molecule has 0 saturated heterocycles. The standard InChI is InChI=1S/C13H8Br2F2N4/c14-7-1-9(16)13(10(17)2-7)20-4-8-3-19-12-5-18-11(15)6-21(8)12/h1-3,5-6,20H,4H2. The van der Waals surface area contributed by atoms with Crippen LogP contribution in [0.1, 0.15) is 5.69 Å². The number of anilines is 1. The van der Waals surface area contributed by atoms with E-state index in [4.69, 9.17) is 0 Å². The van der Waals surface area contributed by atoms with E-state index in [9.17, 15) is 8.78 Å². The summed E-state index contributed by atoms with van der Waals surface area (Å²) in [4.78, 5) is 8.24. The monoisotopic (exact) mass is 416 g/mol. The van der Waals surface area contributed by atoms with E-state index < -0.39 is 11.6 Å². The molecule has 108 valence electrons. The Hall–Kier alpha value is -1.54. The van der Waals surface area contributed by atoms with Crippen molar-refractivity contribution in [3.8, 4) is 0 Å². The summed E-state index contributed by atoms with van der Waals surface area (Å²) in [5.74, 6) is -1.31. The van der Waals surface area contributed by atoms with Gasteiger partial charge in [-0.25, -0.2) is 18.7 Å². The summed E-state index contributed by atoms with van der Waals surface area (Å²) in [6.07, 6.45) is 4.98. The third-order valence-corrected chi connectivity index (χ3v) is 3.76. The minimum Gasteiger partial charge on any atom is -0.375 e. The molecule has 3 rings (SSSR count). The van der Waals surface area contributed by atoms with Gasteiger partial charge in [0.1, 0.15) is 21.9 Å². The summed E-state index contributed by atoms with van der Waals surface area (Å²) in [7, 11) is 0. The maximum absolute atomic E-state index is 13.7. The first-order chi connectivity index (χ1) is 10.0. The van der Waals surface area contributed by atoms with Crippen molar-refractivity contribution >= 4 is 43.2 Å². The highest BCUT2D eigenvalue weighted by Crippen LogP contribution is 2.24. The van der Waals surface area contributed by atoms with Crippen LogP contribution in [0.2, 0.25) is 0 Å². The lowest BCUT2D eigenvalue weighted by atomic mass is 10.3. The van der Waals surface area contributed by atoms with Gasteiger partial charge in [0.05, 0.1) is 24.6 Å². The molecule has 0 aliphatic rings. The summed E-state index contributed by atoms with van der Waals surface area (Å²) in [5.41, 5.74) is 1.25. The Labute approximate surface area is 135 Å². The first-order valence-electron chi connectivity index (χ1n) is 5.90. The summed E-state index contributed by atoms with van der Waals surface area (Å²) in [5, 5.41) is 2.76. The van der Waals surface area contributed by atoms with Gasteiger partial charge in [-0.3, -0.25) is 4.40 Å². The van der Waals surface area contributed by atoms with E-state index in [1.807, 2.05) is 0 Å². The third-order valence-electron chi connectivity index (χ3n) is 2.89. The Bertz CT molecular complexity index is 796. The Morgan fingerprint density at radius 1 is 1.10 bits per heavy atom. The van der Waals surface area contributed by atoms with Crippen molar-refractivity contribution in [3.63, 3.8) is 0 Å². The Morgan fingerprint density at radius 2 is 1.81 bits per heavy atom. The fraction of sp³-hybridized carbons (Fsp3) is 0.0769. The van der Waals surface area contributed by atoms with Crippen LogP contribution in [0.3, 0.4) is 0 Å². The molecular formula is C13H8Br2F2N4. The van der Waals surface area contributed by atoms with Crippen molar-refractivity contribution in [2.24, 2.45) is 0 Å². The number of halogens is 4. The fourth-order valence-corrected chi connectivity index (χ4v) is 2.65. The number of benzene rings is 1. The Kier molecular flexibility index (Phi) is 3.90. The third kappa shape index (κ3) is 2.91. The van der Waals surface area contributed by atoms with Gasteiger partial charge < -0.3 is 5.32 Å². The molecular weight excluding hydrogens is 410 g/mol. The molecule has 3 aromatic rings. The number of nitrogens with one attached hydrogen (secondary N) is 1. The lowest BCUT2D eigenvalue weighted by Crippen LogP contribution is -2.06. The number of hydrogen-bond acceptors (Lipinski definition) is 3. The van der Waals surface area contributed by atoms with Crippen LogP contribution in [0.5, 0.6) is 0 Å². The fourth-order valence-electron chi connectivity index (χ4n) is 1.94. The van der Waals surface area contributed by atoms with E-state index in [-0.39, 0.29) is 12.2 Å². The molecule has 0 unspecified atom stereocenters. The second-order valence-electron chi connectivity index (χ2n) is 4.29. The van der Waals surface area contributed by atoms with E-state index in [1.165, 1.54) is 12.1 Å². The molecule has 0 aliphatic carbocycles. The molecule has 2 aromatic heterocycles. The van der Waals surface area contributed by atoms with Crippen LogP contribution >= 0.6 is 31.9 Å². The zero-order chi connectivity index (χ0) is 15.0. The molecule has 1 aromatic carbocycles. The minimum absolute atomic E-state index is 0.165. The molecule has 0 bridgehead atoms. The van der Waals surface area contributed by atoms with Gasteiger partial charge in [0.25, 0.3) is 0 Å². The van der Waals surface area contributed by atoms with E-state index in [0.717, 1.165) is 5.69 Å². The zero-order valence-corrected chi connectivity index (χ0v) is 13.6. The quantitative estimate of drug-likeness (QED) is 0.696. The Morgan fingerprint density at radius 3 is 2.52 bits per heavy atom. The van der Waals surface area contributed by atoms with Gasteiger partial charge in [0.2, 0.25) is 0 Å². The van der Waals surface area contributed by atoms with Crippen LogP contribution in [0.15, 0.2) is 39.8 Å². The number of nitrogens with zero attached hydrogens (tertiary/aromatic N) is 3. The van der Waals surface area contributed by atoms with Gasteiger partial charge in [-0.05, 0) is 28.1 Å². The molecule has 2 heterocycles. The van der Waals surface area contributed by atoms with Gasteiger partial charge in [0, 0.05) is 10.7 Å². The number of hydrogen-bond donors (Lipinski definition) is 1. The van der Waals surface area contributed by atoms with Crippen LogP contribution in [0.4, 0.5) is 14.5 Å². The number of aromatic nitrogens is 3. The molecule has 4 nitrogen and oxygen atoms in total. The van der Waals surface area contributed by atoms with Crippen LogP contribution < -0.4 is 5.32 Å². The second-order valence-corrected chi connectivity index (χ2v) is 6.01. The molecule has 0 atom stereocenters. The summed E-state index contributed by atoms with van der Waals surface area (Å²) in [6.45, 7) is 0.229. The number of fused-ring (bicyclic) bond motifs is 1. The van der Waals surface area contributed by atoms with Crippen LogP contribution in [0.25, 0.3) is 5.65 Å². The minimum atomic E-state index is -0.654. The predicted molar refractivity (Wildman–Crippen MR) is 82.1 cm³/mol. The van der Waals surface area contributed by atoms with Crippen molar-refractivity contribution < 1.29 is 8.78 Å². The average molecular weight is 418 g/mol. The molecule has 0 amide bonds. The van der Waals surface area contributed by atoms with Gasteiger partial charge in [-0.15, -0.1) is 0 Å². The molecule has 0 fully saturated rings. The molecule has 0 aliphatic heterocycles. The molecule has 8 heteroatoms. The van der Waals surface area contributed by atoms with Crippen molar-refractivity contribution in [2.75, 3.05) is 5.32 Å². The largest absolute Gasteiger partial charge is 0.375 e. The van der Waals surface area contributed by atoms with Crippen LogP contribution in [-0.4, -0.2) is 14.4 Å². The van der Waals surface area contributed by atoms with Crippen LogP contribution in [-0.2, 0) is 6.54 Å². The SMILES string of the molecule is Fc1cc(Br)cc(F)c1NCc1cnc2cnc(Br)cn12. The van der Waals surface area contributed by atoms with Gasteiger partial charge in [0.15, 0.2) is 5.65 Å².